The molecule has 0 aliphatic heterocycles. The number of aliphatic hydroxyl groups is 2. The van der Waals surface area contributed by atoms with E-state index in [4.69, 9.17) is 4.74 Å². The van der Waals surface area contributed by atoms with Crippen molar-refractivity contribution in [2.45, 2.75) is 225 Å². The van der Waals surface area contributed by atoms with E-state index < -0.39 is 18.2 Å². The van der Waals surface area contributed by atoms with Gasteiger partial charge in [0.05, 0.1) is 25.2 Å². The fourth-order valence-corrected chi connectivity index (χ4v) is 6.78. The van der Waals surface area contributed by atoms with Crippen molar-refractivity contribution in [3.8, 4) is 0 Å². The second kappa shape index (κ2) is 46.8. The van der Waals surface area contributed by atoms with Crippen LogP contribution in [0.4, 0.5) is 0 Å². The van der Waals surface area contributed by atoms with Gasteiger partial charge in [0, 0.05) is 6.42 Å². The van der Waals surface area contributed by atoms with Crippen molar-refractivity contribution in [3.63, 3.8) is 0 Å². The summed E-state index contributed by atoms with van der Waals surface area (Å²) in [6, 6.07) is -0.726. The Hall–Kier alpha value is -3.22. The number of carbonyl (C=O) groups is 2. The Morgan fingerprint density at radius 2 is 0.967 bits per heavy atom. The second-order valence-electron chi connectivity index (χ2n) is 16.2. The minimum Gasteiger partial charge on any atom is -0.462 e. The molecular formula is C54H91NO5. The topological polar surface area (TPSA) is 95.9 Å². The summed E-state index contributed by atoms with van der Waals surface area (Å²) in [7, 11) is 0. The molecule has 60 heavy (non-hydrogen) atoms. The Morgan fingerprint density at radius 1 is 0.517 bits per heavy atom. The summed E-state index contributed by atoms with van der Waals surface area (Å²) in [4.78, 5) is 26.1. The molecule has 3 unspecified atom stereocenters. The summed E-state index contributed by atoms with van der Waals surface area (Å²) in [6.07, 6.45) is 61.8. The molecule has 0 saturated heterocycles. The molecule has 0 heterocycles. The zero-order valence-corrected chi connectivity index (χ0v) is 38.8. The number of carbonyl (C=O) groups excluding carboxylic acids is 2. The highest BCUT2D eigenvalue weighted by molar-refractivity contribution is 5.77. The summed E-state index contributed by atoms with van der Waals surface area (Å²) < 4.78 is 5.89. The van der Waals surface area contributed by atoms with E-state index in [1.807, 2.05) is 18.2 Å². The fourth-order valence-electron chi connectivity index (χ4n) is 6.78. The molecule has 0 radical (unpaired) electrons. The highest BCUT2D eigenvalue weighted by atomic mass is 16.5. The van der Waals surface area contributed by atoms with Crippen LogP contribution in [0.15, 0.2) is 97.2 Å². The number of aliphatic hydroxyl groups excluding tert-OH is 2. The highest BCUT2D eigenvalue weighted by Crippen LogP contribution is 2.16. The van der Waals surface area contributed by atoms with Crippen molar-refractivity contribution in [2.75, 3.05) is 6.61 Å². The lowest BCUT2D eigenvalue weighted by molar-refractivity contribution is -0.151. The van der Waals surface area contributed by atoms with Crippen LogP contribution in [0.5, 0.6) is 0 Å². The molecule has 0 aromatic heterocycles. The van der Waals surface area contributed by atoms with Crippen molar-refractivity contribution in [3.05, 3.63) is 97.2 Å². The predicted molar refractivity (Wildman–Crippen MR) is 259 cm³/mol. The Bertz CT molecular complexity index is 1210. The maximum Gasteiger partial charge on any atom is 0.306 e. The van der Waals surface area contributed by atoms with Gasteiger partial charge in [-0.05, 0) is 89.9 Å². The van der Waals surface area contributed by atoms with Gasteiger partial charge >= 0.3 is 5.97 Å². The van der Waals surface area contributed by atoms with E-state index in [0.717, 1.165) is 103 Å². The lowest BCUT2D eigenvalue weighted by atomic mass is 10.0. The molecule has 0 saturated carbocycles. The first kappa shape index (κ1) is 56.8. The van der Waals surface area contributed by atoms with Gasteiger partial charge in [-0.15, -0.1) is 0 Å². The van der Waals surface area contributed by atoms with Crippen molar-refractivity contribution >= 4 is 11.9 Å². The van der Waals surface area contributed by atoms with Crippen molar-refractivity contribution < 1.29 is 24.5 Å². The van der Waals surface area contributed by atoms with E-state index in [2.05, 4.69) is 105 Å². The lowest BCUT2D eigenvalue weighted by Crippen LogP contribution is -2.46. The third-order valence-electron chi connectivity index (χ3n) is 10.5. The van der Waals surface area contributed by atoms with Crippen molar-refractivity contribution in [1.29, 1.82) is 0 Å². The largest absolute Gasteiger partial charge is 0.462 e. The number of amides is 1. The van der Waals surface area contributed by atoms with Gasteiger partial charge in [-0.1, -0.05) is 201 Å². The molecule has 1 amide bonds. The standard InChI is InChI=1S/C54H91NO5/c1-4-7-10-13-16-19-21-23-25-27-29-31-34-36-39-42-45-50(48-53(58)55-51(49-56)52(57)46-43-40-37-33-18-15-12-9-6-3)60-54(59)47-44-41-38-35-32-30-28-26-24-22-20-17-14-11-8-5-2/h8,11,16-17,19-21,23-27,29-32,50-52,56-57H,4-7,9-10,12-15,18,22,28,33-49H2,1-3H3,(H,55,58)/b11-8+,19-16+,20-17+,23-21+,26-24+,27-25+,31-29+,32-30+. The minimum atomic E-state index is -0.808. The molecule has 342 valence electrons. The van der Waals surface area contributed by atoms with E-state index in [1.165, 1.54) is 57.8 Å². The Balaban J connectivity index is 4.77. The molecule has 6 heteroatoms. The van der Waals surface area contributed by atoms with Crippen molar-refractivity contribution in [2.24, 2.45) is 0 Å². The van der Waals surface area contributed by atoms with Gasteiger partial charge in [-0.3, -0.25) is 9.59 Å². The minimum absolute atomic E-state index is 0.0327. The Labute approximate surface area is 369 Å². The summed E-state index contributed by atoms with van der Waals surface area (Å²) in [6.45, 7) is 6.27. The van der Waals surface area contributed by atoms with Crippen LogP contribution >= 0.6 is 0 Å². The maximum absolute atomic E-state index is 13.2. The van der Waals surface area contributed by atoms with E-state index in [-0.39, 0.29) is 24.9 Å². The first-order chi connectivity index (χ1) is 29.5. The Morgan fingerprint density at radius 3 is 1.55 bits per heavy atom. The van der Waals surface area contributed by atoms with Crippen molar-refractivity contribution in [1.82, 2.24) is 5.32 Å². The van der Waals surface area contributed by atoms with Gasteiger partial charge in [-0.2, -0.15) is 0 Å². The van der Waals surface area contributed by atoms with Crippen LogP contribution in [0, 0.1) is 0 Å². The van der Waals surface area contributed by atoms with Gasteiger partial charge < -0.3 is 20.3 Å². The number of esters is 1. The van der Waals surface area contributed by atoms with Crippen LogP contribution in [0.1, 0.15) is 207 Å². The Kier molecular flexibility index (Phi) is 44.3. The molecule has 0 fully saturated rings. The summed E-state index contributed by atoms with van der Waals surface area (Å²) in [5.74, 6) is -0.560. The molecule has 3 N–H and O–H groups in total. The van der Waals surface area contributed by atoms with E-state index >= 15 is 0 Å². The van der Waals surface area contributed by atoms with Crippen LogP contribution in [0.25, 0.3) is 0 Å². The van der Waals surface area contributed by atoms with Crippen LogP contribution in [0.3, 0.4) is 0 Å². The third kappa shape index (κ3) is 41.5. The van der Waals surface area contributed by atoms with Crippen LogP contribution in [-0.2, 0) is 14.3 Å². The molecule has 0 aliphatic rings. The van der Waals surface area contributed by atoms with E-state index in [0.29, 0.717) is 19.3 Å². The molecule has 0 aliphatic carbocycles. The van der Waals surface area contributed by atoms with E-state index in [9.17, 15) is 19.8 Å². The zero-order valence-electron chi connectivity index (χ0n) is 38.8. The zero-order chi connectivity index (χ0) is 43.8. The normalized spacial score (nSPS) is 14.2. The van der Waals surface area contributed by atoms with Gasteiger partial charge in [0.25, 0.3) is 0 Å². The number of ether oxygens (including phenoxy) is 1. The van der Waals surface area contributed by atoms with Gasteiger partial charge in [0.2, 0.25) is 5.91 Å². The van der Waals surface area contributed by atoms with Crippen LogP contribution in [-0.4, -0.2) is 46.9 Å². The maximum atomic E-state index is 13.2. The summed E-state index contributed by atoms with van der Waals surface area (Å²) >= 11 is 0. The molecular weight excluding hydrogens is 743 g/mol. The van der Waals surface area contributed by atoms with Gasteiger partial charge in [-0.25, -0.2) is 0 Å². The monoisotopic (exact) mass is 834 g/mol. The average Bonchev–Trinajstić information content (AvgIpc) is 3.24. The van der Waals surface area contributed by atoms with Crippen LogP contribution < -0.4 is 5.32 Å². The predicted octanol–water partition coefficient (Wildman–Crippen LogP) is 14.6. The average molecular weight is 834 g/mol. The molecule has 0 rings (SSSR count). The molecule has 0 spiro atoms. The lowest BCUT2D eigenvalue weighted by Gasteiger charge is -2.24. The number of allylic oxidation sites excluding steroid dienone is 16. The number of nitrogens with one attached hydrogen (secondary N) is 1. The highest BCUT2D eigenvalue weighted by Gasteiger charge is 2.24. The molecule has 0 aromatic carbocycles. The van der Waals surface area contributed by atoms with Gasteiger partial charge in [0.15, 0.2) is 0 Å². The molecule has 6 nitrogen and oxygen atoms in total. The quantitative estimate of drug-likeness (QED) is 0.0246. The SMILES string of the molecule is CC/C=C/C/C=C/C/C=C/C/C=C/CCCCCC(=O)OC(CCCCC/C=C/C=C/C=C/C=C/CCCCC)CC(=O)NC(CO)C(O)CCCCCCCCCCC. The first-order valence-electron chi connectivity index (χ1n) is 24.5. The van der Waals surface area contributed by atoms with Gasteiger partial charge in [0.1, 0.15) is 6.10 Å². The fraction of sp³-hybridized carbons (Fsp3) is 0.667. The first-order valence-corrected chi connectivity index (χ1v) is 24.5. The molecule has 3 atom stereocenters. The summed E-state index contributed by atoms with van der Waals surface area (Å²) in [5.41, 5.74) is 0. The number of hydrogen-bond acceptors (Lipinski definition) is 5. The number of hydrogen-bond donors (Lipinski definition) is 3. The molecule has 0 aromatic rings. The second-order valence-corrected chi connectivity index (χ2v) is 16.2. The van der Waals surface area contributed by atoms with E-state index in [1.54, 1.807) is 0 Å². The number of rotatable bonds is 42. The molecule has 0 bridgehead atoms. The smallest absolute Gasteiger partial charge is 0.306 e. The number of unbranched alkanes of at least 4 members (excludes halogenated alkanes) is 17. The summed E-state index contributed by atoms with van der Waals surface area (Å²) in [5, 5.41) is 23.6. The van der Waals surface area contributed by atoms with Crippen LogP contribution in [0.2, 0.25) is 0 Å². The third-order valence-corrected chi connectivity index (χ3v) is 10.5.